The molecule has 0 amide bonds. The molecule has 11 heavy (non-hydrogen) atoms. The Balaban J connectivity index is 2.53. The second-order valence-electron chi connectivity index (χ2n) is 3.73. The Bertz CT molecular complexity index is 115. The molecule has 0 aliphatic heterocycles. The molecule has 2 heteroatoms. The molecule has 0 heterocycles. The second-order valence-corrected chi connectivity index (χ2v) is 3.73. The molecule has 1 rings (SSSR count). The predicted molar refractivity (Wildman–Crippen MR) is 46.3 cm³/mol. The highest BCUT2D eigenvalue weighted by molar-refractivity contribution is 4.94. The Morgan fingerprint density at radius 2 is 2.00 bits per heavy atom. The smallest absolute Gasteiger partial charge is 0.0476 e. The van der Waals surface area contributed by atoms with Gasteiger partial charge in [0.25, 0.3) is 0 Å². The van der Waals surface area contributed by atoms with Crippen LogP contribution in [0.3, 0.4) is 0 Å². The van der Waals surface area contributed by atoms with Crippen molar-refractivity contribution in [3.8, 4) is 0 Å². The minimum absolute atomic E-state index is 0.0382. The SMILES string of the molecule is CCC(CO)C1(N)CCCC1. The lowest BCUT2D eigenvalue weighted by Gasteiger charge is -2.31. The molecule has 0 aromatic carbocycles. The Kier molecular flexibility index (Phi) is 2.90. The zero-order valence-electron chi connectivity index (χ0n) is 7.34. The van der Waals surface area contributed by atoms with Gasteiger partial charge in [0, 0.05) is 12.1 Å². The van der Waals surface area contributed by atoms with Gasteiger partial charge in [-0.15, -0.1) is 0 Å². The number of hydrogen-bond donors (Lipinski definition) is 2. The molecule has 0 saturated heterocycles. The fourth-order valence-electron chi connectivity index (χ4n) is 2.16. The second kappa shape index (κ2) is 3.55. The van der Waals surface area contributed by atoms with E-state index >= 15 is 0 Å². The summed E-state index contributed by atoms with van der Waals surface area (Å²) in [5, 5.41) is 9.07. The topological polar surface area (TPSA) is 46.2 Å². The predicted octanol–water partition coefficient (Wildman–Crippen LogP) is 1.28. The van der Waals surface area contributed by atoms with E-state index in [9.17, 15) is 0 Å². The molecule has 66 valence electrons. The van der Waals surface area contributed by atoms with Crippen LogP contribution in [0.15, 0.2) is 0 Å². The van der Waals surface area contributed by atoms with Crippen molar-refractivity contribution in [2.24, 2.45) is 11.7 Å². The molecule has 1 fully saturated rings. The van der Waals surface area contributed by atoms with Crippen molar-refractivity contribution in [1.29, 1.82) is 0 Å². The van der Waals surface area contributed by atoms with Gasteiger partial charge in [-0.1, -0.05) is 19.8 Å². The molecule has 2 nitrogen and oxygen atoms in total. The van der Waals surface area contributed by atoms with E-state index in [1.165, 1.54) is 12.8 Å². The molecule has 0 radical (unpaired) electrons. The monoisotopic (exact) mass is 157 g/mol. The maximum absolute atomic E-state index is 9.07. The lowest BCUT2D eigenvalue weighted by atomic mass is 9.82. The molecular weight excluding hydrogens is 138 g/mol. The number of nitrogens with two attached hydrogens (primary N) is 1. The van der Waals surface area contributed by atoms with Gasteiger partial charge < -0.3 is 10.8 Å². The van der Waals surface area contributed by atoms with Crippen LogP contribution in [-0.4, -0.2) is 17.3 Å². The summed E-state index contributed by atoms with van der Waals surface area (Å²) in [5.41, 5.74) is 6.13. The Labute approximate surface area is 68.8 Å². The summed E-state index contributed by atoms with van der Waals surface area (Å²) in [5.74, 6) is 0.324. The number of aliphatic hydroxyl groups is 1. The van der Waals surface area contributed by atoms with Crippen molar-refractivity contribution in [3.63, 3.8) is 0 Å². The number of hydrogen-bond acceptors (Lipinski definition) is 2. The van der Waals surface area contributed by atoms with Crippen LogP contribution in [-0.2, 0) is 0 Å². The van der Waals surface area contributed by atoms with Crippen molar-refractivity contribution in [2.45, 2.75) is 44.6 Å². The van der Waals surface area contributed by atoms with Gasteiger partial charge in [0.05, 0.1) is 0 Å². The van der Waals surface area contributed by atoms with Crippen LogP contribution in [0.4, 0.5) is 0 Å². The van der Waals surface area contributed by atoms with Crippen molar-refractivity contribution in [3.05, 3.63) is 0 Å². The Morgan fingerprint density at radius 3 is 2.36 bits per heavy atom. The van der Waals surface area contributed by atoms with Crippen LogP contribution < -0.4 is 5.73 Å². The third kappa shape index (κ3) is 1.74. The normalized spacial score (nSPS) is 25.4. The highest BCUT2D eigenvalue weighted by Gasteiger charge is 2.35. The van der Waals surface area contributed by atoms with Gasteiger partial charge in [-0.25, -0.2) is 0 Å². The quantitative estimate of drug-likeness (QED) is 0.648. The molecule has 1 unspecified atom stereocenters. The highest BCUT2D eigenvalue weighted by Crippen LogP contribution is 2.34. The Hall–Kier alpha value is -0.0800. The van der Waals surface area contributed by atoms with E-state index in [1.54, 1.807) is 0 Å². The molecule has 3 N–H and O–H groups in total. The lowest BCUT2D eigenvalue weighted by Crippen LogP contribution is -2.45. The van der Waals surface area contributed by atoms with Gasteiger partial charge in [-0.05, 0) is 25.2 Å². The van der Waals surface area contributed by atoms with Crippen molar-refractivity contribution in [1.82, 2.24) is 0 Å². The first kappa shape index (κ1) is 9.01. The summed E-state index contributed by atoms with van der Waals surface area (Å²) >= 11 is 0. The number of aliphatic hydroxyl groups excluding tert-OH is 1. The standard InChI is InChI=1S/C9H19NO/c1-2-8(7-11)9(10)5-3-4-6-9/h8,11H,2-7,10H2,1H3. The van der Waals surface area contributed by atoms with Gasteiger partial charge in [-0.2, -0.15) is 0 Å². The summed E-state index contributed by atoms with van der Waals surface area (Å²) in [6, 6.07) is 0. The minimum atomic E-state index is -0.0382. The summed E-state index contributed by atoms with van der Waals surface area (Å²) < 4.78 is 0. The summed E-state index contributed by atoms with van der Waals surface area (Å²) in [6.45, 7) is 2.36. The average Bonchev–Trinajstić information content (AvgIpc) is 2.39. The van der Waals surface area contributed by atoms with Crippen LogP contribution in [0, 0.1) is 5.92 Å². The van der Waals surface area contributed by atoms with Crippen LogP contribution in [0.25, 0.3) is 0 Å². The molecule has 0 bridgehead atoms. The third-order valence-electron chi connectivity index (χ3n) is 3.06. The van der Waals surface area contributed by atoms with E-state index in [4.69, 9.17) is 10.8 Å². The zero-order chi connectivity index (χ0) is 8.32. The van der Waals surface area contributed by atoms with Crippen molar-refractivity contribution >= 4 is 0 Å². The fraction of sp³-hybridized carbons (Fsp3) is 1.00. The molecule has 1 aliphatic carbocycles. The van der Waals surface area contributed by atoms with Crippen LogP contribution in [0.2, 0.25) is 0 Å². The summed E-state index contributed by atoms with van der Waals surface area (Å²) in [6.07, 6.45) is 5.70. The van der Waals surface area contributed by atoms with Crippen molar-refractivity contribution in [2.75, 3.05) is 6.61 Å². The lowest BCUT2D eigenvalue weighted by molar-refractivity contribution is 0.149. The zero-order valence-corrected chi connectivity index (χ0v) is 7.34. The van der Waals surface area contributed by atoms with Gasteiger partial charge in [0.1, 0.15) is 0 Å². The first-order valence-corrected chi connectivity index (χ1v) is 4.62. The Morgan fingerprint density at radius 1 is 1.45 bits per heavy atom. The molecule has 1 atom stereocenters. The molecule has 0 spiro atoms. The summed E-state index contributed by atoms with van der Waals surface area (Å²) in [7, 11) is 0. The van der Waals surface area contributed by atoms with E-state index in [0.29, 0.717) is 5.92 Å². The fourth-order valence-corrected chi connectivity index (χ4v) is 2.16. The van der Waals surface area contributed by atoms with E-state index in [1.807, 2.05) is 0 Å². The molecule has 0 aromatic rings. The van der Waals surface area contributed by atoms with Crippen molar-refractivity contribution < 1.29 is 5.11 Å². The average molecular weight is 157 g/mol. The van der Waals surface area contributed by atoms with Crippen LogP contribution in [0.1, 0.15) is 39.0 Å². The van der Waals surface area contributed by atoms with E-state index in [2.05, 4.69) is 6.92 Å². The third-order valence-corrected chi connectivity index (χ3v) is 3.06. The van der Waals surface area contributed by atoms with E-state index in [0.717, 1.165) is 19.3 Å². The molecule has 0 aromatic heterocycles. The maximum atomic E-state index is 9.07. The van der Waals surface area contributed by atoms with Gasteiger partial charge in [-0.3, -0.25) is 0 Å². The first-order valence-electron chi connectivity index (χ1n) is 4.62. The van der Waals surface area contributed by atoms with Gasteiger partial charge in [0.15, 0.2) is 0 Å². The highest BCUT2D eigenvalue weighted by atomic mass is 16.3. The van der Waals surface area contributed by atoms with Gasteiger partial charge >= 0.3 is 0 Å². The molecule has 1 aliphatic rings. The van der Waals surface area contributed by atoms with Crippen LogP contribution in [0.5, 0.6) is 0 Å². The molecular formula is C9H19NO. The van der Waals surface area contributed by atoms with E-state index < -0.39 is 0 Å². The van der Waals surface area contributed by atoms with Gasteiger partial charge in [0.2, 0.25) is 0 Å². The summed E-state index contributed by atoms with van der Waals surface area (Å²) in [4.78, 5) is 0. The maximum Gasteiger partial charge on any atom is 0.0476 e. The molecule has 1 saturated carbocycles. The first-order chi connectivity index (χ1) is 5.23. The van der Waals surface area contributed by atoms with Crippen LogP contribution >= 0.6 is 0 Å². The minimum Gasteiger partial charge on any atom is -0.396 e. The van der Waals surface area contributed by atoms with E-state index in [-0.39, 0.29) is 12.1 Å². The number of rotatable bonds is 3. The largest absolute Gasteiger partial charge is 0.396 e.